The highest BCUT2D eigenvalue weighted by atomic mass is 19.1. The van der Waals surface area contributed by atoms with E-state index in [1.807, 2.05) is 6.92 Å². The topological polar surface area (TPSA) is 67.8 Å². The van der Waals surface area contributed by atoms with Crippen LogP contribution in [0.3, 0.4) is 0 Å². The van der Waals surface area contributed by atoms with Crippen LogP contribution in [0.4, 0.5) is 4.39 Å². The van der Waals surface area contributed by atoms with Crippen molar-refractivity contribution in [2.24, 2.45) is 39.7 Å². The van der Waals surface area contributed by atoms with Gasteiger partial charge in [0.05, 0.1) is 5.71 Å². The minimum Gasteiger partial charge on any atom is -0.391 e. The normalized spacial score (nSPS) is 50.9. The van der Waals surface area contributed by atoms with Crippen molar-refractivity contribution < 1.29 is 18.8 Å². The number of hydrogen-bond acceptors (Lipinski definition) is 5. The van der Waals surface area contributed by atoms with Crippen molar-refractivity contribution in [1.82, 2.24) is 5.32 Å². The van der Waals surface area contributed by atoms with E-state index >= 15 is 0 Å². The van der Waals surface area contributed by atoms with E-state index in [4.69, 9.17) is 4.84 Å². The maximum atomic E-state index is 14.3. The zero-order valence-corrected chi connectivity index (χ0v) is 17.6. The summed E-state index contributed by atoms with van der Waals surface area (Å²) in [5.41, 5.74) is 0.396. The number of nitrogens with one attached hydrogen (secondary N) is 1. The van der Waals surface area contributed by atoms with Crippen LogP contribution in [0.25, 0.3) is 0 Å². The van der Waals surface area contributed by atoms with Crippen LogP contribution < -0.4 is 5.32 Å². The molecule has 5 aliphatic rings. The third kappa shape index (κ3) is 2.92. The number of carbonyl (C=O) groups is 2. The van der Waals surface area contributed by atoms with E-state index < -0.39 is 11.6 Å². The van der Waals surface area contributed by atoms with Gasteiger partial charge in [-0.2, -0.15) is 0 Å². The lowest BCUT2D eigenvalue weighted by atomic mass is 9.45. The summed E-state index contributed by atoms with van der Waals surface area (Å²) in [6, 6.07) is 0. The standard InChI is InChI=1S/C23H33FN2O3/c1-22-6-3-13(26-29-14-5-8-25-12-14)9-18(22)20(27)10-15-16(22)4-7-23(2)17(15)11-19(24)21(23)28/h14-19,25H,3-12H2,1-2H3/t14-,15?,16?,17?,18?,19+,22+,23-/m0/s1. The lowest BCUT2D eigenvalue weighted by Crippen LogP contribution is -2.56. The van der Waals surface area contributed by atoms with Crippen molar-refractivity contribution >= 4 is 17.3 Å². The predicted molar refractivity (Wildman–Crippen MR) is 107 cm³/mol. The van der Waals surface area contributed by atoms with Crippen molar-refractivity contribution in [2.75, 3.05) is 13.1 Å². The molecule has 1 N–H and O–H groups in total. The molecule has 8 atom stereocenters. The molecule has 5 rings (SSSR count). The zero-order chi connectivity index (χ0) is 20.4. The van der Waals surface area contributed by atoms with Gasteiger partial charge in [-0.05, 0) is 68.2 Å². The van der Waals surface area contributed by atoms with E-state index in [9.17, 15) is 14.0 Å². The first kappa shape index (κ1) is 19.7. The van der Waals surface area contributed by atoms with Gasteiger partial charge < -0.3 is 10.2 Å². The van der Waals surface area contributed by atoms with Gasteiger partial charge in [-0.1, -0.05) is 19.0 Å². The molecule has 0 amide bonds. The number of oxime groups is 1. The fraction of sp³-hybridized carbons (Fsp3) is 0.870. The average molecular weight is 405 g/mol. The fourth-order valence-corrected chi connectivity index (χ4v) is 7.55. The number of halogens is 1. The molecule has 4 aliphatic carbocycles. The molecule has 5 fully saturated rings. The molecular weight excluding hydrogens is 371 g/mol. The van der Waals surface area contributed by atoms with Gasteiger partial charge in [0.25, 0.3) is 0 Å². The van der Waals surface area contributed by atoms with Crippen LogP contribution in [0, 0.1) is 34.5 Å². The first-order valence-electron chi connectivity index (χ1n) is 11.5. The fourth-order valence-electron chi connectivity index (χ4n) is 7.55. The van der Waals surface area contributed by atoms with Crippen molar-refractivity contribution in [3.05, 3.63) is 0 Å². The number of Topliss-reactive ketones (excluding diaryl/α,β-unsaturated/α-hetero) is 2. The van der Waals surface area contributed by atoms with E-state index in [-0.39, 0.29) is 35.1 Å². The highest BCUT2D eigenvalue weighted by Crippen LogP contribution is 2.64. The Morgan fingerprint density at radius 2 is 1.97 bits per heavy atom. The summed E-state index contributed by atoms with van der Waals surface area (Å²) in [6.07, 6.45) is 4.83. The lowest BCUT2D eigenvalue weighted by molar-refractivity contribution is -0.152. The summed E-state index contributed by atoms with van der Waals surface area (Å²) in [6.45, 7) is 6.04. The summed E-state index contributed by atoms with van der Waals surface area (Å²) >= 11 is 0. The number of carbonyl (C=O) groups excluding carboxylic acids is 2. The molecule has 1 saturated heterocycles. The smallest absolute Gasteiger partial charge is 0.173 e. The monoisotopic (exact) mass is 404 g/mol. The van der Waals surface area contributed by atoms with E-state index in [0.29, 0.717) is 31.0 Å². The van der Waals surface area contributed by atoms with Crippen molar-refractivity contribution in [1.29, 1.82) is 0 Å². The van der Waals surface area contributed by atoms with Gasteiger partial charge in [0.15, 0.2) is 12.0 Å². The van der Waals surface area contributed by atoms with Gasteiger partial charge in [-0.3, -0.25) is 9.59 Å². The van der Waals surface area contributed by atoms with Crippen LogP contribution in [0.5, 0.6) is 0 Å². The summed E-state index contributed by atoms with van der Waals surface area (Å²) in [5.74, 6) is 0.664. The van der Waals surface area contributed by atoms with Crippen LogP contribution in [-0.4, -0.2) is 42.6 Å². The SMILES string of the molecule is C[C@]12CCC(=NO[C@H]3CCNC3)CC1C(=O)CC1C2CC[C@]2(C)C(=O)[C@H](F)CC12. The third-order valence-electron chi connectivity index (χ3n) is 9.34. The first-order valence-corrected chi connectivity index (χ1v) is 11.5. The summed E-state index contributed by atoms with van der Waals surface area (Å²) in [5, 5.41) is 7.72. The molecule has 0 aromatic carbocycles. The molecule has 5 nitrogen and oxygen atoms in total. The Balaban J connectivity index is 1.36. The van der Waals surface area contributed by atoms with Crippen LogP contribution in [-0.2, 0) is 14.4 Å². The minimum absolute atomic E-state index is 0.0100. The number of alkyl halides is 1. The highest BCUT2D eigenvalue weighted by molar-refractivity contribution is 5.94. The Morgan fingerprint density at radius 3 is 2.72 bits per heavy atom. The first-order chi connectivity index (χ1) is 13.8. The molecule has 0 radical (unpaired) electrons. The quantitative estimate of drug-likeness (QED) is 0.716. The summed E-state index contributed by atoms with van der Waals surface area (Å²) < 4.78 is 14.3. The lowest BCUT2D eigenvalue weighted by Gasteiger charge is -2.58. The second-order valence-corrected chi connectivity index (χ2v) is 10.7. The van der Waals surface area contributed by atoms with Crippen molar-refractivity contribution in [2.45, 2.75) is 77.5 Å². The second-order valence-electron chi connectivity index (χ2n) is 10.7. The number of nitrogens with zero attached hydrogens (tertiary/aromatic N) is 1. The molecule has 29 heavy (non-hydrogen) atoms. The van der Waals surface area contributed by atoms with E-state index in [0.717, 1.165) is 50.9 Å². The highest BCUT2D eigenvalue weighted by Gasteiger charge is 2.64. The molecule has 1 aliphatic heterocycles. The molecule has 4 saturated carbocycles. The van der Waals surface area contributed by atoms with Gasteiger partial charge >= 0.3 is 0 Å². The number of hydrogen-bond donors (Lipinski definition) is 1. The van der Waals surface area contributed by atoms with E-state index in [1.165, 1.54) is 0 Å². The van der Waals surface area contributed by atoms with E-state index in [1.54, 1.807) is 0 Å². The molecule has 0 aromatic heterocycles. The van der Waals surface area contributed by atoms with Gasteiger partial charge in [-0.25, -0.2) is 4.39 Å². The van der Waals surface area contributed by atoms with Crippen LogP contribution in [0.1, 0.15) is 65.2 Å². The average Bonchev–Trinajstić information content (AvgIpc) is 3.29. The maximum Gasteiger partial charge on any atom is 0.173 e. The second kappa shape index (κ2) is 6.86. The molecule has 0 bridgehead atoms. The number of rotatable bonds is 2. The van der Waals surface area contributed by atoms with E-state index in [2.05, 4.69) is 17.4 Å². The molecule has 0 spiro atoms. The number of fused-ring (bicyclic) bond motifs is 5. The Hall–Kier alpha value is -1.30. The molecular formula is C23H33FN2O3. The Labute approximate surface area is 172 Å². The Bertz CT molecular complexity index is 748. The van der Waals surface area contributed by atoms with Crippen molar-refractivity contribution in [3.8, 4) is 0 Å². The molecule has 160 valence electrons. The molecule has 6 heteroatoms. The molecule has 1 heterocycles. The van der Waals surface area contributed by atoms with Gasteiger partial charge in [-0.15, -0.1) is 0 Å². The van der Waals surface area contributed by atoms with Crippen LogP contribution >= 0.6 is 0 Å². The number of ketones is 2. The minimum atomic E-state index is -1.34. The van der Waals surface area contributed by atoms with Crippen LogP contribution in [0.15, 0.2) is 5.16 Å². The largest absolute Gasteiger partial charge is 0.391 e. The summed E-state index contributed by atoms with van der Waals surface area (Å²) in [4.78, 5) is 31.5. The maximum absolute atomic E-state index is 14.3. The predicted octanol–water partition coefficient (Wildman–Crippen LogP) is 3.46. The zero-order valence-electron chi connectivity index (χ0n) is 17.6. The van der Waals surface area contributed by atoms with Crippen LogP contribution in [0.2, 0.25) is 0 Å². The molecule has 0 aromatic rings. The Kier molecular flexibility index (Phi) is 4.65. The van der Waals surface area contributed by atoms with Gasteiger partial charge in [0.1, 0.15) is 11.9 Å². The van der Waals surface area contributed by atoms with Crippen molar-refractivity contribution in [3.63, 3.8) is 0 Å². The Morgan fingerprint density at radius 1 is 1.14 bits per heavy atom. The third-order valence-corrected chi connectivity index (χ3v) is 9.34. The van der Waals surface area contributed by atoms with Gasteiger partial charge in [0.2, 0.25) is 0 Å². The summed E-state index contributed by atoms with van der Waals surface area (Å²) in [7, 11) is 0. The van der Waals surface area contributed by atoms with Gasteiger partial charge in [0, 0.05) is 30.7 Å². The molecule has 4 unspecified atom stereocenters.